The van der Waals surface area contributed by atoms with E-state index in [1.165, 1.54) is 5.56 Å². The molecular weight excluding hydrogens is 212 g/mol. The molecule has 3 heteroatoms. The molecule has 1 heterocycles. The Kier molecular flexibility index (Phi) is 2.11. The number of phenols is 1. The zero-order chi connectivity index (χ0) is 11.8. The van der Waals surface area contributed by atoms with Gasteiger partial charge >= 0.3 is 0 Å². The third-order valence-electron chi connectivity index (χ3n) is 2.78. The minimum Gasteiger partial charge on any atom is -0.508 e. The molecule has 3 aromatic rings. The second kappa shape index (κ2) is 3.63. The minimum absolute atomic E-state index is 0.265. The number of fused-ring (bicyclic) bond motifs is 1. The van der Waals surface area contributed by atoms with Gasteiger partial charge < -0.3 is 5.11 Å². The molecule has 3 nitrogen and oxygen atoms in total. The van der Waals surface area contributed by atoms with Crippen LogP contribution in [0.15, 0.2) is 48.7 Å². The molecule has 1 aromatic heterocycles. The minimum atomic E-state index is 0.265. The molecule has 0 atom stereocenters. The number of nitrogens with zero attached hydrogens (tertiary/aromatic N) is 2. The topological polar surface area (TPSA) is 38.0 Å². The van der Waals surface area contributed by atoms with Gasteiger partial charge in [-0.15, -0.1) is 0 Å². The van der Waals surface area contributed by atoms with Gasteiger partial charge in [-0.25, -0.2) is 4.68 Å². The Hall–Kier alpha value is -2.29. The lowest BCUT2D eigenvalue weighted by molar-refractivity contribution is 0.475. The van der Waals surface area contributed by atoms with E-state index < -0.39 is 0 Å². The van der Waals surface area contributed by atoms with Crippen LogP contribution in [0.3, 0.4) is 0 Å². The van der Waals surface area contributed by atoms with E-state index in [-0.39, 0.29) is 5.75 Å². The number of hydrogen-bond acceptors (Lipinski definition) is 2. The number of hydrogen-bond donors (Lipinski definition) is 1. The van der Waals surface area contributed by atoms with Crippen LogP contribution in [0, 0.1) is 6.92 Å². The molecule has 1 N–H and O–H groups in total. The van der Waals surface area contributed by atoms with E-state index in [0.29, 0.717) is 0 Å². The lowest BCUT2D eigenvalue weighted by atomic mass is 10.2. The Morgan fingerprint density at radius 1 is 1.06 bits per heavy atom. The van der Waals surface area contributed by atoms with Crippen LogP contribution in [0.2, 0.25) is 0 Å². The molecule has 0 saturated heterocycles. The maximum Gasteiger partial charge on any atom is 0.115 e. The number of aromatic hydroxyl groups is 1. The van der Waals surface area contributed by atoms with E-state index in [2.05, 4.69) is 30.2 Å². The van der Waals surface area contributed by atoms with E-state index in [1.807, 2.05) is 23.0 Å². The van der Waals surface area contributed by atoms with Gasteiger partial charge in [0.2, 0.25) is 0 Å². The molecule has 0 saturated carbocycles. The average Bonchev–Trinajstić information content (AvgIpc) is 2.72. The summed E-state index contributed by atoms with van der Waals surface area (Å²) >= 11 is 0. The maximum absolute atomic E-state index is 9.25. The maximum atomic E-state index is 9.25. The molecule has 0 aliphatic rings. The summed E-state index contributed by atoms with van der Waals surface area (Å²) in [4.78, 5) is 0. The van der Waals surface area contributed by atoms with Gasteiger partial charge in [0.25, 0.3) is 0 Å². The van der Waals surface area contributed by atoms with Gasteiger partial charge in [-0.2, -0.15) is 5.10 Å². The van der Waals surface area contributed by atoms with Crippen molar-refractivity contribution < 1.29 is 5.11 Å². The van der Waals surface area contributed by atoms with E-state index in [4.69, 9.17) is 0 Å². The van der Waals surface area contributed by atoms with Gasteiger partial charge in [0.1, 0.15) is 5.75 Å². The highest BCUT2D eigenvalue weighted by Gasteiger charge is 2.02. The van der Waals surface area contributed by atoms with Crippen molar-refractivity contribution in [3.63, 3.8) is 0 Å². The molecule has 0 aliphatic heterocycles. The molecule has 0 aliphatic carbocycles. The number of phenolic OH excluding ortho intramolecular Hbond substituents is 1. The molecule has 0 radical (unpaired) electrons. The van der Waals surface area contributed by atoms with E-state index in [9.17, 15) is 5.11 Å². The fourth-order valence-corrected chi connectivity index (χ4v) is 1.86. The molecule has 3 rings (SSSR count). The first-order chi connectivity index (χ1) is 8.22. The largest absolute Gasteiger partial charge is 0.508 e. The fraction of sp³-hybridized carbons (Fsp3) is 0.0714. The van der Waals surface area contributed by atoms with Crippen molar-refractivity contribution in [3.8, 4) is 11.4 Å². The Labute approximate surface area is 98.9 Å². The summed E-state index contributed by atoms with van der Waals surface area (Å²) in [7, 11) is 0. The monoisotopic (exact) mass is 224 g/mol. The van der Waals surface area contributed by atoms with Crippen LogP contribution in [-0.2, 0) is 0 Å². The summed E-state index contributed by atoms with van der Waals surface area (Å²) in [5.41, 5.74) is 3.13. The average molecular weight is 224 g/mol. The third-order valence-corrected chi connectivity index (χ3v) is 2.78. The lowest BCUT2D eigenvalue weighted by Gasteiger charge is -1.99. The normalized spacial score (nSPS) is 10.9. The van der Waals surface area contributed by atoms with Gasteiger partial charge in [0, 0.05) is 11.6 Å². The van der Waals surface area contributed by atoms with Crippen molar-refractivity contribution in [3.05, 3.63) is 54.2 Å². The summed E-state index contributed by atoms with van der Waals surface area (Å²) in [6.07, 6.45) is 1.99. The second-order valence-electron chi connectivity index (χ2n) is 4.15. The Morgan fingerprint density at radius 2 is 1.82 bits per heavy atom. The highest BCUT2D eigenvalue weighted by Crippen LogP contribution is 2.18. The van der Waals surface area contributed by atoms with Crippen LogP contribution in [-0.4, -0.2) is 14.9 Å². The van der Waals surface area contributed by atoms with Crippen LogP contribution >= 0.6 is 0 Å². The van der Waals surface area contributed by atoms with Crippen LogP contribution in [0.5, 0.6) is 5.75 Å². The molecule has 0 unspecified atom stereocenters. The van der Waals surface area contributed by atoms with Crippen molar-refractivity contribution in [2.24, 2.45) is 0 Å². The predicted molar refractivity (Wildman–Crippen MR) is 67.5 cm³/mol. The van der Waals surface area contributed by atoms with Crippen molar-refractivity contribution in [1.82, 2.24) is 9.78 Å². The number of aryl methyl sites for hydroxylation is 1. The molecular formula is C14H12N2O. The van der Waals surface area contributed by atoms with Gasteiger partial charge in [-0.1, -0.05) is 12.1 Å². The Balaban J connectivity index is 2.14. The Morgan fingerprint density at radius 3 is 2.59 bits per heavy atom. The quantitative estimate of drug-likeness (QED) is 0.690. The smallest absolute Gasteiger partial charge is 0.115 e. The van der Waals surface area contributed by atoms with Gasteiger partial charge in [0.15, 0.2) is 0 Å². The summed E-state index contributed by atoms with van der Waals surface area (Å²) in [6.45, 7) is 2.05. The van der Waals surface area contributed by atoms with Crippen molar-refractivity contribution in [2.75, 3.05) is 0 Å². The lowest BCUT2D eigenvalue weighted by Crippen LogP contribution is -1.92. The van der Waals surface area contributed by atoms with Crippen molar-refractivity contribution in [2.45, 2.75) is 6.92 Å². The predicted octanol–water partition coefficient (Wildman–Crippen LogP) is 3.04. The molecule has 0 amide bonds. The number of rotatable bonds is 1. The molecule has 0 spiro atoms. The van der Waals surface area contributed by atoms with Gasteiger partial charge in [-0.3, -0.25) is 0 Å². The molecule has 2 aromatic carbocycles. The summed E-state index contributed by atoms with van der Waals surface area (Å²) in [5.74, 6) is 0.265. The second-order valence-corrected chi connectivity index (χ2v) is 4.15. The zero-order valence-electron chi connectivity index (χ0n) is 9.46. The zero-order valence-corrected chi connectivity index (χ0v) is 9.46. The third kappa shape index (κ3) is 1.76. The first-order valence-corrected chi connectivity index (χ1v) is 5.48. The molecule has 17 heavy (non-hydrogen) atoms. The first kappa shape index (κ1) is 9.90. The SMILES string of the molecule is Cc1ccc2cn(-c3ccc(O)cc3)nc2c1. The molecule has 84 valence electrons. The summed E-state index contributed by atoms with van der Waals surface area (Å²) in [6, 6.07) is 13.2. The van der Waals surface area contributed by atoms with E-state index >= 15 is 0 Å². The summed E-state index contributed by atoms with van der Waals surface area (Å²) < 4.78 is 1.82. The number of benzene rings is 2. The highest BCUT2D eigenvalue weighted by atomic mass is 16.3. The molecule has 0 fully saturated rings. The Bertz CT molecular complexity index is 668. The molecule has 0 bridgehead atoms. The van der Waals surface area contributed by atoms with Crippen LogP contribution in [0.4, 0.5) is 0 Å². The fourth-order valence-electron chi connectivity index (χ4n) is 1.86. The van der Waals surface area contributed by atoms with Crippen molar-refractivity contribution >= 4 is 10.9 Å². The van der Waals surface area contributed by atoms with Crippen molar-refractivity contribution in [1.29, 1.82) is 0 Å². The van der Waals surface area contributed by atoms with E-state index in [0.717, 1.165) is 16.6 Å². The van der Waals surface area contributed by atoms with Crippen LogP contribution in [0.1, 0.15) is 5.56 Å². The van der Waals surface area contributed by atoms with Gasteiger partial charge in [-0.05, 0) is 42.8 Å². The highest BCUT2D eigenvalue weighted by molar-refractivity contribution is 5.79. The first-order valence-electron chi connectivity index (χ1n) is 5.48. The van der Waals surface area contributed by atoms with Crippen LogP contribution in [0.25, 0.3) is 16.6 Å². The van der Waals surface area contributed by atoms with Crippen LogP contribution < -0.4 is 0 Å². The number of aromatic nitrogens is 2. The summed E-state index contributed by atoms with van der Waals surface area (Å²) in [5, 5.41) is 14.9. The standard InChI is InChI=1S/C14H12N2O/c1-10-2-3-11-9-16(15-14(11)8-10)12-4-6-13(17)7-5-12/h2-9,17H,1H3. The van der Waals surface area contributed by atoms with Gasteiger partial charge in [0.05, 0.1) is 11.2 Å². The van der Waals surface area contributed by atoms with E-state index in [1.54, 1.807) is 12.1 Å².